The molecular formula is C9H14N6O3. The Kier molecular flexibility index (Phi) is 3.13. The first-order valence-corrected chi connectivity index (χ1v) is 5.50. The highest BCUT2D eigenvalue weighted by Crippen LogP contribution is 2.24. The van der Waals surface area contributed by atoms with Crippen molar-refractivity contribution in [3.05, 3.63) is 0 Å². The standard InChI is InChI=1S/C9H14N6O3/c1-5(7(16)17)6-3-15(4-6)9(18)10-8-11-13-14(2)12-8/h5-6H,3-4H2,1-2H3,(H,16,17)(H,10,12,18). The van der Waals surface area contributed by atoms with Crippen LogP contribution >= 0.6 is 0 Å². The Morgan fingerprint density at radius 2 is 2.17 bits per heavy atom. The summed E-state index contributed by atoms with van der Waals surface area (Å²) in [6, 6.07) is -0.336. The number of nitrogens with zero attached hydrogens (tertiary/aromatic N) is 5. The SMILES string of the molecule is CC(C(=O)O)C1CN(C(=O)Nc2nnn(C)n2)C1. The monoisotopic (exact) mass is 254 g/mol. The number of hydrogen-bond acceptors (Lipinski definition) is 5. The van der Waals surface area contributed by atoms with Crippen LogP contribution in [0.2, 0.25) is 0 Å². The Morgan fingerprint density at radius 3 is 2.67 bits per heavy atom. The normalized spacial score (nSPS) is 17.1. The second kappa shape index (κ2) is 4.59. The Labute approximate surface area is 103 Å². The molecule has 1 aliphatic heterocycles. The first-order valence-electron chi connectivity index (χ1n) is 5.50. The van der Waals surface area contributed by atoms with Crippen LogP contribution in [0, 0.1) is 11.8 Å². The molecule has 1 aromatic heterocycles. The first-order chi connectivity index (χ1) is 8.47. The lowest BCUT2D eigenvalue weighted by atomic mass is 9.87. The Morgan fingerprint density at radius 1 is 1.50 bits per heavy atom. The summed E-state index contributed by atoms with van der Waals surface area (Å²) in [7, 11) is 1.59. The molecule has 2 amide bonds. The fourth-order valence-corrected chi connectivity index (χ4v) is 1.71. The molecule has 0 spiro atoms. The number of carbonyl (C=O) groups excluding carboxylic acids is 1. The minimum Gasteiger partial charge on any atom is -0.481 e. The molecule has 0 bridgehead atoms. The van der Waals surface area contributed by atoms with Gasteiger partial charge in [0.2, 0.25) is 0 Å². The molecule has 1 aromatic rings. The molecular weight excluding hydrogens is 240 g/mol. The van der Waals surface area contributed by atoms with Crippen molar-refractivity contribution in [3.63, 3.8) is 0 Å². The van der Waals surface area contributed by atoms with E-state index in [2.05, 4.69) is 20.7 Å². The van der Waals surface area contributed by atoms with Crippen LogP contribution in [0.15, 0.2) is 0 Å². The van der Waals surface area contributed by atoms with Gasteiger partial charge in [-0.3, -0.25) is 10.1 Å². The zero-order chi connectivity index (χ0) is 13.3. The zero-order valence-electron chi connectivity index (χ0n) is 10.1. The summed E-state index contributed by atoms with van der Waals surface area (Å²) < 4.78 is 0. The zero-order valence-corrected chi connectivity index (χ0v) is 10.1. The predicted molar refractivity (Wildman–Crippen MR) is 59.7 cm³/mol. The van der Waals surface area contributed by atoms with Crippen LogP contribution in [0.5, 0.6) is 0 Å². The van der Waals surface area contributed by atoms with E-state index in [1.165, 1.54) is 9.70 Å². The van der Waals surface area contributed by atoms with Crippen molar-refractivity contribution in [2.75, 3.05) is 18.4 Å². The number of amides is 2. The average molecular weight is 254 g/mol. The summed E-state index contributed by atoms with van der Waals surface area (Å²) in [5.74, 6) is -1.14. The average Bonchev–Trinajstić information content (AvgIpc) is 2.61. The second-order valence-corrected chi connectivity index (χ2v) is 4.32. The lowest BCUT2D eigenvalue weighted by Gasteiger charge is -2.40. The molecule has 9 heteroatoms. The molecule has 2 heterocycles. The van der Waals surface area contributed by atoms with Crippen molar-refractivity contribution in [2.45, 2.75) is 6.92 Å². The van der Waals surface area contributed by atoms with Gasteiger partial charge in [0.15, 0.2) is 0 Å². The van der Waals surface area contributed by atoms with Crippen molar-refractivity contribution in [2.24, 2.45) is 18.9 Å². The number of aryl methyl sites for hydroxylation is 1. The Balaban J connectivity index is 1.81. The number of carboxylic acid groups (broad SMARTS) is 1. The second-order valence-electron chi connectivity index (χ2n) is 4.32. The number of carbonyl (C=O) groups is 2. The van der Waals surface area contributed by atoms with Gasteiger partial charge >= 0.3 is 12.0 Å². The number of hydrogen-bond donors (Lipinski definition) is 2. The molecule has 98 valence electrons. The number of aliphatic carboxylic acids is 1. The van der Waals surface area contributed by atoms with Gasteiger partial charge in [-0.05, 0) is 5.21 Å². The van der Waals surface area contributed by atoms with Crippen LogP contribution in [-0.4, -0.2) is 55.3 Å². The van der Waals surface area contributed by atoms with E-state index in [4.69, 9.17) is 5.11 Å². The van der Waals surface area contributed by atoms with E-state index in [0.717, 1.165) is 0 Å². The molecule has 1 saturated heterocycles. The van der Waals surface area contributed by atoms with Crippen LogP contribution < -0.4 is 5.32 Å². The first kappa shape index (κ1) is 12.3. The molecule has 0 radical (unpaired) electrons. The van der Waals surface area contributed by atoms with E-state index in [0.29, 0.717) is 13.1 Å². The third-order valence-corrected chi connectivity index (χ3v) is 3.02. The van der Waals surface area contributed by atoms with Gasteiger partial charge in [0.1, 0.15) is 0 Å². The van der Waals surface area contributed by atoms with Gasteiger partial charge < -0.3 is 10.0 Å². The van der Waals surface area contributed by atoms with Gasteiger partial charge in [-0.15, -0.1) is 5.10 Å². The van der Waals surface area contributed by atoms with Crippen molar-refractivity contribution < 1.29 is 14.7 Å². The van der Waals surface area contributed by atoms with Gasteiger partial charge in [0.25, 0.3) is 5.95 Å². The predicted octanol–water partition coefficient (Wildman–Crippen LogP) is -0.606. The Bertz CT molecular complexity index is 467. The summed E-state index contributed by atoms with van der Waals surface area (Å²) in [5.41, 5.74) is 0. The maximum Gasteiger partial charge on any atom is 0.324 e. The molecule has 2 N–H and O–H groups in total. The van der Waals surface area contributed by atoms with Gasteiger partial charge in [-0.2, -0.15) is 4.80 Å². The minimum absolute atomic E-state index is 0.00284. The fourth-order valence-electron chi connectivity index (χ4n) is 1.71. The third kappa shape index (κ3) is 2.39. The summed E-state index contributed by atoms with van der Waals surface area (Å²) in [6.45, 7) is 2.51. The van der Waals surface area contributed by atoms with Crippen molar-refractivity contribution >= 4 is 17.9 Å². The van der Waals surface area contributed by atoms with Crippen molar-refractivity contribution in [3.8, 4) is 0 Å². The summed E-state index contributed by atoms with van der Waals surface area (Å²) in [4.78, 5) is 25.2. The maximum atomic E-state index is 11.7. The highest BCUT2D eigenvalue weighted by atomic mass is 16.4. The molecule has 0 saturated carbocycles. The number of nitrogens with one attached hydrogen (secondary N) is 1. The summed E-state index contributed by atoms with van der Waals surface area (Å²) in [5, 5.41) is 22.3. The van der Waals surface area contributed by atoms with Gasteiger partial charge in [0.05, 0.1) is 13.0 Å². The molecule has 1 aliphatic rings. The number of tetrazole rings is 1. The van der Waals surface area contributed by atoms with Gasteiger partial charge in [-0.1, -0.05) is 12.0 Å². The maximum absolute atomic E-state index is 11.7. The highest BCUT2D eigenvalue weighted by molar-refractivity contribution is 5.88. The molecule has 1 unspecified atom stereocenters. The van der Waals surface area contributed by atoms with Crippen LogP contribution in [0.25, 0.3) is 0 Å². The third-order valence-electron chi connectivity index (χ3n) is 3.02. The van der Waals surface area contributed by atoms with E-state index in [1.807, 2.05) is 0 Å². The molecule has 0 aromatic carbocycles. The largest absolute Gasteiger partial charge is 0.481 e. The van der Waals surface area contributed by atoms with E-state index < -0.39 is 11.9 Å². The number of urea groups is 1. The quantitative estimate of drug-likeness (QED) is 0.744. The van der Waals surface area contributed by atoms with E-state index in [1.54, 1.807) is 14.0 Å². The number of likely N-dealkylation sites (tertiary alicyclic amines) is 1. The van der Waals surface area contributed by atoms with Gasteiger partial charge in [-0.25, -0.2) is 4.79 Å². The smallest absolute Gasteiger partial charge is 0.324 e. The lowest BCUT2D eigenvalue weighted by Crippen LogP contribution is -2.54. The number of aromatic nitrogens is 4. The molecule has 1 atom stereocenters. The van der Waals surface area contributed by atoms with Crippen LogP contribution in [0.1, 0.15) is 6.92 Å². The Hall–Kier alpha value is -2.19. The van der Waals surface area contributed by atoms with E-state index in [-0.39, 0.29) is 17.9 Å². The van der Waals surface area contributed by atoms with Crippen LogP contribution in [0.4, 0.5) is 10.7 Å². The number of anilines is 1. The number of rotatable bonds is 3. The molecule has 9 nitrogen and oxygen atoms in total. The van der Waals surface area contributed by atoms with Crippen LogP contribution in [0.3, 0.4) is 0 Å². The lowest BCUT2D eigenvalue weighted by molar-refractivity contribution is -0.144. The van der Waals surface area contributed by atoms with E-state index >= 15 is 0 Å². The summed E-state index contributed by atoms with van der Waals surface area (Å²) in [6.07, 6.45) is 0. The number of carboxylic acids is 1. The molecule has 2 rings (SSSR count). The van der Waals surface area contributed by atoms with E-state index in [9.17, 15) is 9.59 Å². The molecule has 1 fully saturated rings. The van der Waals surface area contributed by atoms with Gasteiger partial charge in [0, 0.05) is 19.0 Å². The van der Waals surface area contributed by atoms with Crippen molar-refractivity contribution in [1.82, 2.24) is 25.1 Å². The van der Waals surface area contributed by atoms with Crippen LogP contribution in [-0.2, 0) is 11.8 Å². The van der Waals surface area contributed by atoms with Crippen molar-refractivity contribution in [1.29, 1.82) is 0 Å². The minimum atomic E-state index is -0.837. The highest BCUT2D eigenvalue weighted by Gasteiger charge is 2.37. The molecule has 18 heavy (non-hydrogen) atoms. The fraction of sp³-hybridized carbons (Fsp3) is 0.667. The summed E-state index contributed by atoms with van der Waals surface area (Å²) >= 11 is 0. The molecule has 0 aliphatic carbocycles. The topological polar surface area (TPSA) is 113 Å².